The van der Waals surface area contributed by atoms with Crippen molar-refractivity contribution in [3.8, 4) is 46.0 Å². The zero-order valence-electron chi connectivity index (χ0n) is 98.1. The normalized spacial score (nSPS) is 11.8. The molecule has 0 N–H and O–H groups in total. The Hall–Kier alpha value is -7.60. The lowest BCUT2D eigenvalue weighted by Crippen LogP contribution is -2.13. The first-order valence-electron chi connectivity index (χ1n) is 64.2. The van der Waals surface area contributed by atoms with Crippen LogP contribution in [0.4, 0.5) is 0 Å². The summed E-state index contributed by atoms with van der Waals surface area (Å²) in [6.45, 7) is 22.9. The maximum atomic E-state index is 15.8. The first-order chi connectivity index (χ1) is 74.1. The van der Waals surface area contributed by atoms with Crippen LogP contribution in [0.15, 0.2) is 72.8 Å². The first kappa shape index (κ1) is 126. The van der Waals surface area contributed by atoms with Gasteiger partial charge in [0.15, 0.2) is 46.0 Å². The van der Waals surface area contributed by atoms with Gasteiger partial charge in [0.2, 0.25) is 0 Å². The Morgan fingerprint density at radius 3 is 0.340 bits per heavy atom. The molecule has 0 saturated heterocycles. The van der Waals surface area contributed by atoms with E-state index in [1.54, 1.807) is 0 Å². The van der Waals surface area contributed by atoms with E-state index in [0.717, 1.165) is 213 Å². The number of ether oxygens (including phenoxy) is 10. The maximum absolute atomic E-state index is 15.8. The molecule has 0 aromatic heterocycles. The average Bonchev–Trinajstić information content (AvgIpc) is 0.696. The summed E-state index contributed by atoms with van der Waals surface area (Å²) < 4.78 is 69.8. The summed E-state index contributed by atoms with van der Waals surface area (Å²) in [4.78, 5) is 31.7. The van der Waals surface area contributed by atoms with Crippen molar-refractivity contribution in [3.05, 3.63) is 83.9 Å². The molecule has 842 valence electrons. The average molecular weight is 2070 g/mol. The van der Waals surface area contributed by atoms with Gasteiger partial charge in [-0.3, -0.25) is 0 Å². The molecule has 9 rings (SSSR count). The molecule has 0 aliphatic carbocycles. The Morgan fingerprint density at radius 2 is 0.227 bits per heavy atom. The Bertz CT molecular complexity index is 4780. The molecule has 12 heteroatoms. The fraction of sp³-hybridized carbons (Fsp3) is 0.710. The van der Waals surface area contributed by atoms with Crippen LogP contribution < -0.4 is 37.9 Å². The summed E-state index contributed by atoms with van der Waals surface area (Å²) in [5, 5.41) is 14.2. The Kier molecular flexibility index (Phi) is 67.3. The third kappa shape index (κ3) is 45.7. The minimum Gasteiger partial charge on any atom is -0.490 e. The van der Waals surface area contributed by atoms with Crippen LogP contribution in [0.25, 0.3) is 86.2 Å². The largest absolute Gasteiger partial charge is 0.490 e. The van der Waals surface area contributed by atoms with Gasteiger partial charge in [0.25, 0.3) is 0 Å². The van der Waals surface area contributed by atoms with Crippen LogP contribution in [0.1, 0.15) is 590 Å². The molecule has 0 spiro atoms. The van der Waals surface area contributed by atoms with Gasteiger partial charge in [-0.15, -0.1) is 0 Å². The van der Waals surface area contributed by atoms with E-state index in [2.05, 4.69) is 128 Å². The summed E-state index contributed by atoms with van der Waals surface area (Å²) in [7, 11) is 2.87. The fourth-order valence-corrected chi connectivity index (χ4v) is 22.9. The van der Waals surface area contributed by atoms with Gasteiger partial charge in [-0.1, -0.05) is 518 Å². The smallest absolute Gasteiger partial charge is 0.339 e. The fourth-order valence-electron chi connectivity index (χ4n) is 22.9. The minimum absolute atomic E-state index is 0.145. The number of fused-ring (bicyclic) bond motifs is 15. The molecule has 0 aliphatic heterocycles. The van der Waals surface area contributed by atoms with Gasteiger partial charge in [-0.2, -0.15) is 0 Å². The molecular formula is C138H218O12. The monoisotopic (exact) mass is 2070 g/mol. The van der Waals surface area contributed by atoms with Crippen LogP contribution in [-0.4, -0.2) is 79.0 Å². The van der Waals surface area contributed by atoms with Crippen molar-refractivity contribution < 1.29 is 57.0 Å². The molecule has 9 aromatic carbocycles. The molecule has 12 nitrogen and oxygen atoms in total. The van der Waals surface area contributed by atoms with E-state index in [1.165, 1.54) is 425 Å². The number of methoxy groups -OCH3 is 2. The minimum atomic E-state index is -0.633. The highest BCUT2D eigenvalue weighted by Crippen LogP contribution is 2.52. The quantitative estimate of drug-likeness (QED) is 0.0156. The van der Waals surface area contributed by atoms with Crippen LogP contribution in [-0.2, 0) is 9.47 Å². The van der Waals surface area contributed by atoms with E-state index >= 15 is 9.59 Å². The van der Waals surface area contributed by atoms with Gasteiger partial charge >= 0.3 is 11.9 Å². The topological polar surface area (TPSA) is 126 Å². The maximum Gasteiger partial charge on any atom is 0.339 e. The number of benzene rings is 9. The highest BCUT2D eigenvalue weighted by molar-refractivity contribution is 6.35. The Morgan fingerprint density at radius 1 is 0.133 bits per heavy atom. The SMILES string of the molecule is CCCCCCCCCCCCOc1cc2c3cc(OCCCCCCCCCCCC)c(OCCCCCCCCCCCC)cc3c3cc4c(cc3c2cc1OCCCCCCCCCCCC)c(C(=O)OC)c(C(=O)OC)c1cc2c3cc(OCCCCCCCCCCCC)c(OCCCCCCCCCCCC)cc3c3cc(OCCCCCCCCCCCC)c(OCCCCCCCCCCCC)cc3c2cc14. The summed E-state index contributed by atoms with van der Waals surface area (Å²) in [5.74, 6) is 4.52. The molecule has 0 unspecified atom stereocenters. The lowest BCUT2D eigenvalue weighted by Gasteiger charge is -2.22. The molecule has 0 radical (unpaired) electrons. The Balaban J connectivity index is 1.31. The van der Waals surface area contributed by atoms with Crippen LogP contribution in [0, 0.1) is 0 Å². The molecule has 0 amide bonds. The predicted octanol–water partition coefficient (Wildman–Crippen LogP) is 44.9. The second-order valence-electron chi connectivity index (χ2n) is 45.2. The highest BCUT2D eigenvalue weighted by Gasteiger charge is 2.31. The third-order valence-electron chi connectivity index (χ3n) is 32.3. The van der Waals surface area contributed by atoms with Crippen molar-refractivity contribution in [1.82, 2.24) is 0 Å². The van der Waals surface area contributed by atoms with Crippen molar-refractivity contribution in [1.29, 1.82) is 0 Å². The molecule has 0 heterocycles. The zero-order valence-corrected chi connectivity index (χ0v) is 98.1. The summed E-state index contributed by atoms with van der Waals surface area (Å²) in [6.07, 6.45) is 98.4. The molecule has 0 fully saturated rings. The summed E-state index contributed by atoms with van der Waals surface area (Å²) in [6, 6.07) is 27.0. The van der Waals surface area contributed by atoms with Gasteiger partial charge in [-0.05, 0) is 210 Å². The molecular weight excluding hydrogens is 1850 g/mol. The molecule has 0 saturated carbocycles. The van der Waals surface area contributed by atoms with Gasteiger partial charge in [0, 0.05) is 0 Å². The first-order valence-corrected chi connectivity index (χ1v) is 64.2. The van der Waals surface area contributed by atoms with Crippen molar-refractivity contribution in [2.45, 2.75) is 569 Å². The van der Waals surface area contributed by atoms with E-state index in [1.807, 2.05) is 0 Å². The number of carbonyl (C=O) groups excluding carboxylic acids is 2. The van der Waals surface area contributed by atoms with Crippen molar-refractivity contribution in [2.75, 3.05) is 67.1 Å². The van der Waals surface area contributed by atoms with E-state index < -0.39 is 11.9 Å². The van der Waals surface area contributed by atoms with Gasteiger partial charge < -0.3 is 47.4 Å². The van der Waals surface area contributed by atoms with Crippen LogP contribution in [0.3, 0.4) is 0 Å². The van der Waals surface area contributed by atoms with Crippen LogP contribution >= 0.6 is 0 Å². The number of unbranched alkanes of at least 4 members (excludes halogenated alkanes) is 72. The number of esters is 2. The number of hydrogen-bond acceptors (Lipinski definition) is 12. The van der Waals surface area contributed by atoms with Crippen molar-refractivity contribution >= 4 is 98.1 Å². The van der Waals surface area contributed by atoms with E-state index in [0.29, 0.717) is 75.1 Å². The summed E-state index contributed by atoms with van der Waals surface area (Å²) >= 11 is 0. The van der Waals surface area contributed by atoms with Gasteiger partial charge in [0.05, 0.1) is 78.2 Å². The van der Waals surface area contributed by atoms with Crippen LogP contribution in [0.5, 0.6) is 46.0 Å². The zero-order chi connectivity index (χ0) is 106. The van der Waals surface area contributed by atoms with Crippen molar-refractivity contribution in [2.24, 2.45) is 0 Å². The highest BCUT2D eigenvalue weighted by atomic mass is 16.5. The van der Waals surface area contributed by atoms with Crippen molar-refractivity contribution in [3.63, 3.8) is 0 Å². The summed E-state index contributed by atoms with van der Waals surface area (Å²) in [5.41, 5.74) is 0.290. The molecule has 0 bridgehead atoms. The predicted molar refractivity (Wildman–Crippen MR) is 648 cm³/mol. The second kappa shape index (κ2) is 80.2. The second-order valence-corrected chi connectivity index (χ2v) is 45.2. The number of hydrogen-bond donors (Lipinski definition) is 0. The number of carbonyl (C=O) groups is 2. The lowest BCUT2D eigenvalue weighted by atomic mass is 9.84. The number of rotatable bonds is 98. The van der Waals surface area contributed by atoms with E-state index in [4.69, 9.17) is 47.4 Å². The van der Waals surface area contributed by atoms with E-state index in [-0.39, 0.29) is 11.1 Å². The van der Waals surface area contributed by atoms with Gasteiger partial charge in [0.1, 0.15) is 0 Å². The molecule has 9 aromatic rings. The standard InChI is InChI=1S/C138H218O12/c1-11-19-27-35-43-51-59-67-75-83-91-143-127-103-117-111-99-115-116-100-112-114(120-106-130(146-94-86-78-70-62-54-46-38-30-22-14-4)134(150-98-90-82-74-66-58-50-42-34-26-18-8)110-124(120)122-108-132(148-96-88-80-72-64-56-48-40-32-24-16-6)128(104-118(112)122)144-92-84-76-68-60-52-44-36-28-20-12-2)102-126(116)136(138(140)142-10)135(137(139)141-9)125(115)101-113(111)119-105-129(145-93-85-77-69-61-53-45-37-29-21-13-3)133(149-97-89-81-73-65-57-49-41-33-25-17-7)109-123(119)121(117)107-131(127)147-95-87-79-71-63-55-47-39-31-23-15-5/h99-110H,11-98H2,1-10H3. The van der Waals surface area contributed by atoms with Gasteiger partial charge in [-0.25, -0.2) is 9.59 Å². The molecule has 0 atom stereocenters. The molecule has 0 aliphatic rings. The van der Waals surface area contributed by atoms with Crippen LogP contribution in [0.2, 0.25) is 0 Å². The Labute approximate surface area is 915 Å². The van der Waals surface area contributed by atoms with E-state index in [9.17, 15) is 0 Å². The molecule has 150 heavy (non-hydrogen) atoms. The lowest BCUT2D eigenvalue weighted by molar-refractivity contribution is 0.0559. The third-order valence-corrected chi connectivity index (χ3v) is 32.3.